The lowest BCUT2D eigenvalue weighted by atomic mass is 9.98. The van der Waals surface area contributed by atoms with E-state index in [1.165, 1.54) is 4.90 Å². The minimum Gasteiger partial charge on any atom is -0.370 e. The van der Waals surface area contributed by atoms with Crippen LogP contribution in [0, 0.1) is 17.8 Å². The molecule has 0 spiro atoms. The Bertz CT molecular complexity index is 3210. The molecule has 4 aromatic rings. The number of aromatic amines is 1. The smallest absolute Gasteiger partial charge is 0.246 e. The third kappa shape index (κ3) is 21.2. The number of primary amides is 2. The van der Waals surface area contributed by atoms with Crippen LogP contribution in [0.25, 0.3) is 10.9 Å². The van der Waals surface area contributed by atoms with Crippen molar-refractivity contribution in [2.45, 2.75) is 179 Å². The van der Waals surface area contributed by atoms with Gasteiger partial charge in [0.1, 0.15) is 60.4 Å². The molecule has 16 N–H and O–H groups in total. The summed E-state index contributed by atoms with van der Waals surface area (Å²) in [6.45, 7) is 10.8. The van der Waals surface area contributed by atoms with Crippen LogP contribution in [-0.4, -0.2) is 154 Å². The first-order valence-electron chi connectivity index (χ1n) is 31.2. The number of aromatic nitrogens is 1. The molecule has 492 valence electrons. The summed E-state index contributed by atoms with van der Waals surface area (Å²) in [5.74, 6) is -11.5. The quantitative estimate of drug-likeness (QED) is 0.0597. The van der Waals surface area contributed by atoms with Gasteiger partial charge in [-0.2, -0.15) is 0 Å². The van der Waals surface area contributed by atoms with Gasteiger partial charge in [0.2, 0.25) is 70.9 Å². The van der Waals surface area contributed by atoms with Gasteiger partial charge in [0.05, 0.1) is 6.42 Å². The Morgan fingerprint density at radius 2 is 0.945 bits per heavy atom. The number of benzene rings is 3. The Balaban J connectivity index is 1.46. The summed E-state index contributed by atoms with van der Waals surface area (Å²) in [6, 6.07) is 10.3. The molecular formula is C65H90N14O12. The van der Waals surface area contributed by atoms with Crippen LogP contribution in [0.5, 0.6) is 0 Å². The second kappa shape index (κ2) is 34.1. The van der Waals surface area contributed by atoms with Crippen LogP contribution in [0.1, 0.15) is 116 Å². The molecule has 2 saturated heterocycles. The maximum atomic E-state index is 15.0. The van der Waals surface area contributed by atoms with Gasteiger partial charge in [-0.05, 0) is 92.0 Å². The van der Waals surface area contributed by atoms with E-state index < -0.39 is 156 Å². The van der Waals surface area contributed by atoms with E-state index in [1.54, 1.807) is 105 Å². The van der Waals surface area contributed by atoms with Gasteiger partial charge in [-0.1, -0.05) is 120 Å². The average molecular weight is 1260 g/mol. The van der Waals surface area contributed by atoms with Crippen LogP contribution in [0.2, 0.25) is 0 Å². The molecule has 2 aliphatic heterocycles. The molecule has 3 aromatic carbocycles. The highest BCUT2D eigenvalue weighted by Crippen LogP contribution is 2.23. The molecule has 0 saturated carbocycles. The second-order valence-electron chi connectivity index (χ2n) is 24.7. The molecule has 12 amide bonds. The van der Waals surface area contributed by atoms with Gasteiger partial charge >= 0.3 is 0 Å². The fraction of sp³-hybridized carbons (Fsp3) is 0.508. The lowest BCUT2D eigenvalue weighted by Crippen LogP contribution is -2.62. The Morgan fingerprint density at radius 1 is 0.495 bits per heavy atom. The average Bonchev–Trinajstić information content (AvgIpc) is 2.16. The van der Waals surface area contributed by atoms with Crippen molar-refractivity contribution in [1.29, 1.82) is 0 Å². The summed E-state index contributed by atoms with van der Waals surface area (Å²) in [4.78, 5) is 177. The Labute approximate surface area is 530 Å². The van der Waals surface area contributed by atoms with Gasteiger partial charge in [0.15, 0.2) is 0 Å². The number of nitrogens with zero attached hydrogens (tertiary/aromatic N) is 1. The molecule has 2 fully saturated rings. The molecule has 6 rings (SSSR count). The fourth-order valence-electron chi connectivity index (χ4n) is 11.3. The van der Waals surface area contributed by atoms with Crippen LogP contribution in [0.4, 0.5) is 0 Å². The lowest BCUT2D eigenvalue weighted by molar-refractivity contribution is -0.142. The molecular weight excluding hydrogens is 1170 g/mol. The molecule has 1 aromatic heterocycles. The zero-order valence-electron chi connectivity index (χ0n) is 52.6. The monoisotopic (exact) mass is 1260 g/mol. The molecule has 0 radical (unpaired) electrons. The van der Waals surface area contributed by atoms with Gasteiger partial charge < -0.3 is 74.9 Å². The highest BCUT2D eigenvalue weighted by Gasteiger charge is 2.42. The number of fused-ring (bicyclic) bond motifs is 2. The molecule has 2 aliphatic rings. The maximum absolute atomic E-state index is 15.0. The fourth-order valence-corrected chi connectivity index (χ4v) is 11.3. The van der Waals surface area contributed by atoms with Gasteiger partial charge in [0.25, 0.3) is 0 Å². The molecule has 0 unspecified atom stereocenters. The molecule has 0 bridgehead atoms. The summed E-state index contributed by atoms with van der Waals surface area (Å²) < 4.78 is 0. The first-order valence-corrected chi connectivity index (χ1v) is 31.2. The molecule has 0 aliphatic carbocycles. The van der Waals surface area contributed by atoms with E-state index in [1.807, 2.05) is 27.7 Å². The number of hydrogen-bond acceptors (Lipinski definition) is 13. The van der Waals surface area contributed by atoms with Crippen LogP contribution in [0.15, 0.2) is 91.1 Å². The van der Waals surface area contributed by atoms with Gasteiger partial charge in [-0.3, -0.25) is 57.5 Å². The third-order valence-corrected chi connectivity index (χ3v) is 16.0. The largest absolute Gasteiger partial charge is 0.370 e. The number of H-pyrrole nitrogens is 1. The first kappa shape index (κ1) is 70.9. The third-order valence-electron chi connectivity index (χ3n) is 16.0. The number of nitrogens with one attached hydrogen (secondary N) is 10. The second-order valence-corrected chi connectivity index (χ2v) is 24.7. The number of carbonyl (C=O) groups is 12. The summed E-state index contributed by atoms with van der Waals surface area (Å²) >= 11 is 0. The van der Waals surface area contributed by atoms with Crippen molar-refractivity contribution in [1.82, 2.24) is 57.7 Å². The van der Waals surface area contributed by atoms with Gasteiger partial charge in [-0.25, -0.2) is 0 Å². The zero-order valence-corrected chi connectivity index (χ0v) is 52.6. The van der Waals surface area contributed by atoms with E-state index >= 15 is 4.79 Å². The summed E-state index contributed by atoms with van der Waals surface area (Å²) in [6.07, 6.45) is 0.373. The van der Waals surface area contributed by atoms with Gasteiger partial charge in [0, 0.05) is 49.3 Å². The van der Waals surface area contributed by atoms with E-state index in [-0.39, 0.29) is 76.3 Å². The van der Waals surface area contributed by atoms with Crippen LogP contribution < -0.4 is 65.1 Å². The number of nitrogens with two attached hydrogens (primary N) is 3. The van der Waals surface area contributed by atoms with Crippen LogP contribution in [0.3, 0.4) is 0 Å². The van der Waals surface area contributed by atoms with Crippen molar-refractivity contribution in [3.63, 3.8) is 0 Å². The summed E-state index contributed by atoms with van der Waals surface area (Å²) in [5, 5.41) is 25.2. The van der Waals surface area contributed by atoms with E-state index in [0.717, 1.165) is 0 Å². The highest BCUT2D eigenvalue weighted by atomic mass is 16.2. The van der Waals surface area contributed by atoms with Crippen molar-refractivity contribution >= 4 is 81.8 Å². The van der Waals surface area contributed by atoms with Crippen molar-refractivity contribution in [3.8, 4) is 0 Å². The van der Waals surface area contributed by atoms with Crippen LogP contribution >= 0.6 is 0 Å². The van der Waals surface area contributed by atoms with E-state index in [2.05, 4.69) is 52.8 Å². The zero-order chi connectivity index (χ0) is 66.5. The lowest BCUT2D eigenvalue weighted by Gasteiger charge is -2.32. The van der Waals surface area contributed by atoms with Gasteiger partial charge in [-0.15, -0.1) is 0 Å². The minimum atomic E-state index is -1.82. The SMILES string of the molecule is CC(C)C[C@@H]1NC(=O)[C@H](CCCN)NC(=O)[C@H](C(C)C)NC(=O)[C@H](Cc2c[nH]c3ccccc23)NC(=O)[C@H](CCC(N)=O)NC(=O)[C@H](CC(N)=O)NC(=O)[C@@H](Cc2ccccc2)NC(=O)[C@H](CC(C)C)NC(=O)[C@@H]2CCCN2C(=O)[C@@H](Cc2ccccc2)NC1=O. The number of rotatable bonds is 19. The predicted octanol–water partition coefficient (Wildman–Crippen LogP) is 0.192. The number of hydrogen-bond donors (Lipinski definition) is 13. The summed E-state index contributed by atoms with van der Waals surface area (Å²) in [5.41, 5.74) is 19.6. The summed E-state index contributed by atoms with van der Waals surface area (Å²) in [7, 11) is 0. The van der Waals surface area contributed by atoms with E-state index in [4.69, 9.17) is 17.2 Å². The Morgan fingerprint density at radius 3 is 1.51 bits per heavy atom. The number of amides is 12. The Hall–Kier alpha value is -9.20. The molecule has 26 nitrogen and oxygen atoms in total. The standard InChI is InChI=1S/C65H90N14O12/c1-36(2)29-46-59(85)77-51(32-40-19-11-8-12-20-40)65(91)79-28-16-24-52(79)63(89)76-47(30-37(3)4)58(84)73-48(31-39-17-9-7-10-18-39)60(86)75-50(34-54(68)81)61(87)70-45(25-26-53(67)80)57(83)74-49(33-41-35-69-43-22-14-13-21-42(41)43)62(88)78-55(38(5)6)64(90)71-44(23-15-27-66)56(82)72-46/h7-14,17-22,35-38,44-52,55,69H,15-16,23-34,66H2,1-6H3,(H2,67,80)(H2,68,81)(H,70,87)(H,71,90)(H,72,82)(H,73,84)(H,74,83)(H,75,86)(H,76,89)(H,77,85)(H,78,88)/t44-,45-,46-,47-,48+,49-,50-,51+,52-,55-/m0/s1. The normalized spacial score (nSPS) is 24.3. The number of para-hydroxylation sites is 1. The first-order chi connectivity index (χ1) is 43.3. The molecule has 10 atom stereocenters. The van der Waals surface area contributed by atoms with Crippen molar-refractivity contribution in [2.75, 3.05) is 13.1 Å². The van der Waals surface area contributed by atoms with Crippen molar-refractivity contribution < 1.29 is 57.5 Å². The van der Waals surface area contributed by atoms with Crippen molar-refractivity contribution in [3.05, 3.63) is 108 Å². The minimum absolute atomic E-state index is 0.00796. The van der Waals surface area contributed by atoms with Crippen molar-refractivity contribution in [2.24, 2.45) is 35.0 Å². The highest BCUT2D eigenvalue weighted by molar-refractivity contribution is 6.01. The molecule has 91 heavy (non-hydrogen) atoms. The predicted molar refractivity (Wildman–Crippen MR) is 339 cm³/mol. The van der Waals surface area contributed by atoms with E-state index in [0.29, 0.717) is 34.0 Å². The molecule has 3 heterocycles. The molecule has 26 heteroatoms. The Kier molecular flexibility index (Phi) is 26.6. The number of carbonyl (C=O) groups excluding carboxylic acids is 12. The topological polar surface area (TPSA) is 410 Å². The maximum Gasteiger partial charge on any atom is 0.246 e. The van der Waals surface area contributed by atoms with Crippen LogP contribution in [-0.2, 0) is 76.8 Å². The van der Waals surface area contributed by atoms with E-state index in [9.17, 15) is 52.7 Å².